The highest BCUT2D eigenvalue weighted by atomic mass is 16.5. The van der Waals surface area contributed by atoms with Crippen molar-refractivity contribution in [2.45, 2.75) is 45.9 Å². The molecule has 0 aliphatic heterocycles. The van der Waals surface area contributed by atoms with Crippen LogP contribution in [0.1, 0.15) is 35.4 Å². The lowest BCUT2D eigenvalue weighted by atomic mass is 10.1. The van der Waals surface area contributed by atoms with Gasteiger partial charge in [-0.15, -0.1) is 0 Å². The molecule has 1 N–H and O–H groups in total. The number of ether oxygens (including phenoxy) is 1. The number of hydrogen-bond acceptors (Lipinski definition) is 4. The number of hydrogen-bond donors (Lipinski definition) is 1. The molecular weight excluding hydrogens is 252 g/mol. The Hall–Kier alpha value is -1.81. The molecule has 1 saturated carbocycles. The zero-order valence-corrected chi connectivity index (χ0v) is 12.0. The second kappa shape index (κ2) is 5.67. The van der Waals surface area contributed by atoms with E-state index in [2.05, 4.69) is 35.6 Å². The fraction of sp³-hybridized carbons (Fsp3) is 0.438. The summed E-state index contributed by atoms with van der Waals surface area (Å²) in [6.45, 7) is 5.26. The summed E-state index contributed by atoms with van der Waals surface area (Å²) in [5.74, 6) is 1.71. The van der Waals surface area contributed by atoms with Crippen LogP contribution in [0.4, 0.5) is 0 Å². The number of para-hydroxylation sites is 1. The maximum atomic E-state index is 5.95. The van der Waals surface area contributed by atoms with Gasteiger partial charge in [0.25, 0.3) is 0 Å². The highest BCUT2D eigenvalue weighted by molar-refractivity contribution is 5.40. The molecule has 0 saturated heterocycles. The standard InChI is InChI=1S/C16H20N2O2/c1-11-4-3-5-13(9-17-14-6-7-14)16(11)19-10-15-8-12(2)18-20-15/h3-5,8,14,17H,6-7,9-10H2,1-2H3. The summed E-state index contributed by atoms with van der Waals surface area (Å²) in [6, 6.07) is 8.86. The van der Waals surface area contributed by atoms with Crippen molar-refractivity contribution in [3.63, 3.8) is 0 Å². The molecule has 1 heterocycles. The van der Waals surface area contributed by atoms with Gasteiger partial charge in [-0.25, -0.2) is 0 Å². The highest BCUT2D eigenvalue weighted by Gasteiger charge is 2.21. The Kier molecular flexibility index (Phi) is 3.74. The molecule has 20 heavy (non-hydrogen) atoms. The SMILES string of the molecule is Cc1cc(COc2c(C)cccc2CNC2CC2)on1. The third kappa shape index (κ3) is 3.20. The first-order chi connectivity index (χ1) is 9.72. The number of nitrogens with one attached hydrogen (secondary N) is 1. The van der Waals surface area contributed by atoms with Crippen LogP contribution in [0, 0.1) is 13.8 Å². The Balaban J connectivity index is 1.69. The summed E-state index contributed by atoms with van der Waals surface area (Å²) in [5.41, 5.74) is 3.23. The summed E-state index contributed by atoms with van der Waals surface area (Å²) >= 11 is 0. The smallest absolute Gasteiger partial charge is 0.174 e. The second-order valence-electron chi connectivity index (χ2n) is 5.44. The molecule has 4 heteroatoms. The molecule has 1 aliphatic carbocycles. The lowest BCUT2D eigenvalue weighted by Gasteiger charge is -2.13. The van der Waals surface area contributed by atoms with Crippen LogP contribution >= 0.6 is 0 Å². The fourth-order valence-electron chi connectivity index (χ4n) is 2.23. The Morgan fingerprint density at radius 3 is 2.90 bits per heavy atom. The molecule has 3 rings (SSSR count). The van der Waals surface area contributed by atoms with Crippen molar-refractivity contribution in [2.75, 3.05) is 0 Å². The van der Waals surface area contributed by atoms with Crippen molar-refractivity contribution in [2.24, 2.45) is 0 Å². The molecule has 1 aliphatic rings. The summed E-state index contributed by atoms with van der Waals surface area (Å²) in [5, 5.41) is 7.40. The molecule has 1 aromatic carbocycles. The lowest BCUT2D eigenvalue weighted by Crippen LogP contribution is -2.16. The molecule has 2 aromatic rings. The van der Waals surface area contributed by atoms with Crippen LogP contribution in [0.3, 0.4) is 0 Å². The van der Waals surface area contributed by atoms with E-state index in [1.807, 2.05) is 13.0 Å². The first kappa shape index (κ1) is 13.2. The Labute approximate surface area is 119 Å². The predicted octanol–water partition coefficient (Wildman–Crippen LogP) is 3.12. The first-order valence-electron chi connectivity index (χ1n) is 7.09. The largest absolute Gasteiger partial charge is 0.485 e. The Morgan fingerprint density at radius 2 is 2.20 bits per heavy atom. The molecule has 1 aromatic heterocycles. The van der Waals surface area contributed by atoms with Gasteiger partial charge in [-0.2, -0.15) is 0 Å². The average Bonchev–Trinajstić information content (AvgIpc) is 3.17. The average molecular weight is 272 g/mol. The maximum absolute atomic E-state index is 5.95. The minimum atomic E-state index is 0.419. The fourth-order valence-corrected chi connectivity index (χ4v) is 2.23. The Bertz CT molecular complexity index is 588. The van der Waals surface area contributed by atoms with Gasteiger partial charge in [0, 0.05) is 24.2 Å². The summed E-state index contributed by atoms with van der Waals surface area (Å²) in [7, 11) is 0. The third-order valence-electron chi connectivity index (χ3n) is 3.49. The summed E-state index contributed by atoms with van der Waals surface area (Å²) in [6.07, 6.45) is 2.58. The minimum absolute atomic E-state index is 0.419. The quantitative estimate of drug-likeness (QED) is 0.877. The lowest BCUT2D eigenvalue weighted by molar-refractivity contribution is 0.245. The molecular formula is C16H20N2O2. The zero-order valence-electron chi connectivity index (χ0n) is 12.0. The van der Waals surface area contributed by atoms with E-state index in [9.17, 15) is 0 Å². The van der Waals surface area contributed by atoms with E-state index in [-0.39, 0.29) is 0 Å². The third-order valence-corrected chi connectivity index (χ3v) is 3.49. The molecule has 0 spiro atoms. The Morgan fingerprint density at radius 1 is 1.35 bits per heavy atom. The molecule has 0 radical (unpaired) electrons. The van der Waals surface area contributed by atoms with Crippen LogP contribution in [0.15, 0.2) is 28.8 Å². The molecule has 4 nitrogen and oxygen atoms in total. The van der Waals surface area contributed by atoms with Crippen molar-refractivity contribution < 1.29 is 9.26 Å². The van der Waals surface area contributed by atoms with Crippen molar-refractivity contribution >= 4 is 0 Å². The van der Waals surface area contributed by atoms with Crippen molar-refractivity contribution in [3.05, 3.63) is 46.8 Å². The molecule has 0 bridgehead atoms. The molecule has 1 fully saturated rings. The van der Waals surface area contributed by atoms with Gasteiger partial charge in [0.1, 0.15) is 12.4 Å². The van der Waals surface area contributed by atoms with Gasteiger partial charge in [0.05, 0.1) is 5.69 Å². The van der Waals surface area contributed by atoms with Crippen LogP contribution in [-0.2, 0) is 13.2 Å². The van der Waals surface area contributed by atoms with Gasteiger partial charge < -0.3 is 14.6 Å². The van der Waals surface area contributed by atoms with Crippen LogP contribution < -0.4 is 10.1 Å². The summed E-state index contributed by atoms with van der Waals surface area (Å²) in [4.78, 5) is 0. The van der Waals surface area contributed by atoms with Crippen LogP contribution in [0.25, 0.3) is 0 Å². The van der Waals surface area contributed by atoms with Crippen LogP contribution in [0.5, 0.6) is 5.75 Å². The molecule has 0 atom stereocenters. The van der Waals surface area contributed by atoms with E-state index in [1.165, 1.54) is 18.4 Å². The minimum Gasteiger partial charge on any atom is -0.485 e. The van der Waals surface area contributed by atoms with Gasteiger partial charge in [0.2, 0.25) is 0 Å². The predicted molar refractivity (Wildman–Crippen MR) is 76.6 cm³/mol. The van der Waals surface area contributed by atoms with Gasteiger partial charge in [-0.05, 0) is 32.3 Å². The highest BCUT2D eigenvalue weighted by Crippen LogP contribution is 2.26. The van der Waals surface area contributed by atoms with E-state index in [4.69, 9.17) is 9.26 Å². The van der Waals surface area contributed by atoms with Gasteiger partial charge in [0.15, 0.2) is 5.76 Å². The van der Waals surface area contributed by atoms with E-state index in [0.29, 0.717) is 12.6 Å². The molecule has 0 unspecified atom stereocenters. The van der Waals surface area contributed by atoms with Crippen LogP contribution in [0.2, 0.25) is 0 Å². The van der Waals surface area contributed by atoms with E-state index in [1.54, 1.807) is 0 Å². The van der Waals surface area contributed by atoms with Crippen molar-refractivity contribution in [1.82, 2.24) is 10.5 Å². The van der Waals surface area contributed by atoms with Gasteiger partial charge in [-0.1, -0.05) is 23.4 Å². The van der Waals surface area contributed by atoms with E-state index in [0.717, 1.165) is 29.3 Å². The number of aromatic nitrogens is 1. The number of nitrogens with zero attached hydrogens (tertiary/aromatic N) is 1. The van der Waals surface area contributed by atoms with Gasteiger partial charge in [-0.3, -0.25) is 0 Å². The first-order valence-corrected chi connectivity index (χ1v) is 7.09. The number of aryl methyl sites for hydroxylation is 2. The van der Waals surface area contributed by atoms with E-state index >= 15 is 0 Å². The van der Waals surface area contributed by atoms with Crippen molar-refractivity contribution in [1.29, 1.82) is 0 Å². The monoisotopic (exact) mass is 272 g/mol. The van der Waals surface area contributed by atoms with Crippen LogP contribution in [-0.4, -0.2) is 11.2 Å². The van der Waals surface area contributed by atoms with E-state index < -0.39 is 0 Å². The number of benzene rings is 1. The zero-order chi connectivity index (χ0) is 13.9. The van der Waals surface area contributed by atoms with Gasteiger partial charge >= 0.3 is 0 Å². The topological polar surface area (TPSA) is 47.3 Å². The molecule has 106 valence electrons. The maximum Gasteiger partial charge on any atom is 0.174 e. The number of rotatable bonds is 6. The second-order valence-corrected chi connectivity index (χ2v) is 5.44. The normalized spacial score (nSPS) is 14.5. The van der Waals surface area contributed by atoms with Crippen molar-refractivity contribution in [3.8, 4) is 5.75 Å². The molecule has 0 amide bonds. The summed E-state index contributed by atoms with van der Waals surface area (Å²) < 4.78 is 11.1.